The van der Waals surface area contributed by atoms with Crippen LogP contribution in [0.1, 0.15) is 11.1 Å². The maximum absolute atomic E-state index is 15.0. The highest BCUT2D eigenvalue weighted by atomic mass is 19.4. The number of hydrogen-bond acceptors (Lipinski definition) is 5. The molecule has 10 aromatic rings. The van der Waals surface area contributed by atoms with Crippen LogP contribution < -0.4 is 0 Å². The minimum Gasteiger partial charge on any atom is -0.308 e. The zero-order valence-corrected chi connectivity index (χ0v) is 30.1. The van der Waals surface area contributed by atoms with Gasteiger partial charge in [-0.1, -0.05) is 78.9 Å². The molecule has 274 valence electrons. The summed E-state index contributed by atoms with van der Waals surface area (Å²) in [5, 5.41) is 14.8. The summed E-state index contributed by atoms with van der Waals surface area (Å²) in [6, 6.07) is 39.7. The quantitative estimate of drug-likeness (QED) is 0.163. The summed E-state index contributed by atoms with van der Waals surface area (Å²) in [5.74, 6) is 0.973. The first kappa shape index (κ1) is 34.3. The molecule has 0 aliphatic heterocycles. The summed E-state index contributed by atoms with van der Waals surface area (Å²) in [7, 11) is 0. The molecule has 0 aliphatic rings. The molecule has 0 saturated heterocycles. The van der Waals surface area contributed by atoms with E-state index in [1.54, 1.807) is 49.1 Å². The minimum atomic E-state index is -4.79. The number of halogens is 3. The van der Waals surface area contributed by atoms with E-state index in [1.165, 1.54) is 12.1 Å². The van der Waals surface area contributed by atoms with Gasteiger partial charge in [-0.3, -0.25) is 0 Å². The number of nitriles is 1. The van der Waals surface area contributed by atoms with Crippen molar-refractivity contribution < 1.29 is 13.2 Å². The molecule has 0 amide bonds. The van der Waals surface area contributed by atoms with Gasteiger partial charge < -0.3 is 9.13 Å². The van der Waals surface area contributed by atoms with Crippen molar-refractivity contribution >= 4 is 49.3 Å². The highest BCUT2D eigenvalue weighted by Gasteiger charge is 2.35. The van der Waals surface area contributed by atoms with Crippen molar-refractivity contribution in [2.75, 3.05) is 0 Å². The SMILES string of the molecule is [C-]#[N+]c1cccc(C(F)(F)F)c1-c1cc(-n2c3ccccc3c3ccc(-c4ncccn4)cc32)c(C#N)c(-n2c3ccccc3c3ccc(-c4ncccn4)cc32)c1. The van der Waals surface area contributed by atoms with Gasteiger partial charge in [-0.2, -0.15) is 18.4 Å². The van der Waals surface area contributed by atoms with E-state index in [0.717, 1.165) is 38.6 Å². The van der Waals surface area contributed by atoms with Crippen molar-refractivity contribution in [1.29, 1.82) is 5.26 Å². The number of aromatic nitrogens is 6. The van der Waals surface area contributed by atoms with Gasteiger partial charge in [0.25, 0.3) is 0 Å². The molecule has 6 aromatic carbocycles. The molecule has 0 atom stereocenters. The molecular formula is C47H25F3N8. The third-order valence-corrected chi connectivity index (χ3v) is 10.4. The second-order valence-electron chi connectivity index (χ2n) is 13.6. The molecule has 4 heterocycles. The van der Waals surface area contributed by atoms with Crippen molar-refractivity contribution in [1.82, 2.24) is 29.1 Å². The first-order chi connectivity index (χ1) is 28.3. The fourth-order valence-electron chi connectivity index (χ4n) is 8.03. The summed E-state index contributed by atoms with van der Waals surface area (Å²) in [6.07, 6.45) is 1.82. The number of fused-ring (bicyclic) bond motifs is 6. The summed E-state index contributed by atoms with van der Waals surface area (Å²) in [4.78, 5) is 21.4. The maximum Gasteiger partial charge on any atom is 0.415 e. The van der Waals surface area contributed by atoms with Gasteiger partial charge in [-0.15, -0.1) is 0 Å². The Hall–Kier alpha value is -8.15. The molecule has 0 saturated carbocycles. The average molecular weight is 759 g/mol. The lowest BCUT2D eigenvalue weighted by molar-refractivity contribution is -0.137. The third kappa shape index (κ3) is 5.37. The molecule has 4 aromatic heterocycles. The lowest BCUT2D eigenvalue weighted by Crippen LogP contribution is -2.09. The Labute approximate surface area is 328 Å². The lowest BCUT2D eigenvalue weighted by atomic mass is 9.94. The van der Waals surface area contributed by atoms with Gasteiger partial charge in [0.05, 0.1) is 45.6 Å². The normalized spacial score (nSPS) is 11.7. The minimum absolute atomic E-state index is 0.116. The predicted molar refractivity (Wildman–Crippen MR) is 219 cm³/mol. The molecule has 0 aliphatic carbocycles. The number of benzene rings is 6. The van der Waals surface area contributed by atoms with Crippen LogP contribution in [-0.4, -0.2) is 29.1 Å². The lowest BCUT2D eigenvalue weighted by Gasteiger charge is -2.21. The van der Waals surface area contributed by atoms with E-state index < -0.39 is 11.7 Å². The van der Waals surface area contributed by atoms with E-state index in [0.29, 0.717) is 45.2 Å². The molecule has 0 fully saturated rings. The van der Waals surface area contributed by atoms with Gasteiger partial charge in [-0.05, 0) is 59.7 Å². The van der Waals surface area contributed by atoms with E-state index in [4.69, 9.17) is 6.57 Å². The number of nitrogens with zero attached hydrogens (tertiary/aromatic N) is 8. The van der Waals surface area contributed by atoms with E-state index in [2.05, 4.69) is 30.9 Å². The van der Waals surface area contributed by atoms with Crippen LogP contribution in [-0.2, 0) is 6.18 Å². The Morgan fingerprint density at radius 2 is 1.02 bits per heavy atom. The average Bonchev–Trinajstić information content (AvgIpc) is 3.78. The second-order valence-corrected chi connectivity index (χ2v) is 13.6. The Kier molecular flexibility index (Phi) is 7.85. The Morgan fingerprint density at radius 1 is 0.534 bits per heavy atom. The molecule has 0 spiro atoms. The monoisotopic (exact) mass is 758 g/mol. The molecule has 0 radical (unpaired) electrons. The first-order valence-electron chi connectivity index (χ1n) is 18.1. The number of rotatable bonds is 5. The molecule has 11 heteroatoms. The topological polar surface area (TPSA) is 89.6 Å². The molecule has 0 unspecified atom stereocenters. The highest BCUT2D eigenvalue weighted by Crippen LogP contribution is 2.46. The number of para-hydroxylation sites is 2. The van der Waals surface area contributed by atoms with Gasteiger partial charge >= 0.3 is 6.18 Å². The Bertz CT molecular complexity index is 3180. The third-order valence-electron chi connectivity index (χ3n) is 10.4. The summed E-state index contributed by atoms with van der Waals surface area (Å²) in [6.45, 7) is 8.01. The fraction of sp³-hybridized carbons (Fsp3) is 0.0213. The first-order valence-corrected chi connectivity index (χ1v) is 18.1. The molecule has 0 N–H and O–H groups in total. The predicted octanol–water partition coefficient (Wildman–Crippen LogP) is 11.9. The molecule has 8 nitrogen and oxygen atoms in total. The van der Waals surface area contributed by atoms with Gasteiger partial charge in [0.15, 0.2) is 17.3 Å². The summed E-state index contributed by atoms with van der Waals surface area (Å²) >= 11 is 0. The fourth-order valence-corrected chi connectivity index (χ4v) is 8.03. The number of alkyl halides is 3. The van der Waals surface area contributed by atoms with Crippen LogP contribution in [0.5, 0.6) is 0 Å². The van der Waals surface area contributed by atoms with Crippen molar-refractivity contribution in [3.8, 4) is 51.3 Å². The standard InChI is InChI=1S/C47H25F3N8/c1-52-37-12-6-11-36(47(48,49)50)44(37)30-25-42(57-38-13-4-2-9-31(38)33-17-15-28(23-40(33)57)45-53-19-7-20-54-45)35(27-51)43(26-30)58-39-14-5-3-10-32(39)34-18-16-29(24-41(34)58)46-55-21-8-22-56-46/h2-26H. The zero-order valence-electron chi connectivity index (χ0n) is 30.1. The van der Waals surface area contributed by atoms with E-state index in [1.807, 2.05) is 94.1 Å². The van der Waals surface area contributed by atoms with E-state index in [-0.39, 0.29) is 22.4 Å². The van der Waals surface area contributed by atoms with Gasteiger partial charge in [0.2, 0.25) is 0 Å². The van der Waals surface area contributed by atoms with Gasteiger partial charge in [0.1, 0.15) is 11.6 Å². The summed E-state index contributed by atoms with van der Waals surface area (Å²) < 4.78 is 48.8. The van der Waals surface area contributed by atoms with E-state index >= 15 is 0 Å². The van der Waals surface area contributed by atoms with Gasteiger partial charge in [0, 0.05) is 57.5 Å². The molecule has 0 bridgehead atoms. The summed E-state index contributed by atoms with van der Waals surface area (Å²) in [5.41, 5.74) is 3.80. The van der Waals surface area contributed by atoms with E-state index in [9.17, 15) is 18.4 Å². The van der Waals surface area contributed by atoms with Crippen molar-refractivity contribution in [3.05, 3.63) is 175 Å². The smallest absolute Gasteiger partial charge is 0.308 e. The van der Waals surface area contributed by atoms with Crippen LogP contribution in [0.2, 0.25) is 0 Å². The van der Waals surface area contributed by atoms with Crippen LogP contribution in [0.3, 0.4) is 0 Å². The van der Waals surface area contributed by atoms with Crippen LogP contribution >= 0.6 is 0 Å². The van der Waals surface area contributed by atoms with Crippen LogP contribution in [0.15, 0.2) is 152 Å². The molecular weight excluding hydrogens is 734 g/mol. The molecule has 58 heavy (non-hydrogen) atoms. The molecule has 10 rings (SSSR count). The van der Waals surface area contributed by atoms with Crippen LogP contribution in [0.4, 0.5) is 18.9 Å². The van der Waals surface area contributed by atoms with Crippen molar-refractivity contribution in [3.63, 3.8) is 0 Å². The maximum atomic E-state index is 15.0. The zero-order chi connectivity index (χ0) is 39.5. The van der Waals surface area contributed by atoms with Crippen LogP contribution in [0, 0.1) is 17.9 Å². The largest absolute Gasteiger partial charge is 0.415 e. The van der Waals surface area contributed by atoms with Crippen LogP contribution in [0.25, 0.3) is 93.7 Å². The highest BCUT2D eigenvalue weighted by molar-refractivity contribution is 6.12. The number of hydrogen-bond donors (Lipinski definition) is 0. The van der Waals surface area contributed by atoms with Crippen molar-refractivity contribution in [2.45, 2.75) is 6.18 Å². The van der Waals surface area contributed by atoms with Crippen molar-refractivity contribution in [2.24, 2.45) is 0 Å². The Morgan fingerprint density at radius 3 is 1.48 bits per heavy atom. The Balaban J connectivity index is 1.39. The second kappa shape index (κ2) is 13.3. The van der Waals surface area contributed by atoms with Gasteiger partial charge in [-0.25, -0.2) is 24.8 Å².